The molecule has 0 saturated carbocycles. The average molecular weight is 286 g/mol. The van der Waals surface area contributed by atoms with Crippen LogP contribution in [0.1, 0.15) is 85.5 Å². The van der Waals surface area contributed by atoms with Crippen LogP contribution in [0.15, 0.2) is 0 Å². The Labute approximate surface area is 125 Å². The first kappa shape index (κ1) is 19.4. The van der Waals surface area contributed by atoms with Gasteiger partial charge in [-0.15, -0.1) is 0 Å². The lowest BCUT2D eigenvalue weighted by Gasteiger charge is -2.25. The van der Waals surface area contributed by atoms with Gasteiger partial charge in [0.1, 0.15) is 0 Å². The fraction of sp³-hybridized carbons (Fsp3) is 0.941. The molecule has 3 nitrogen and oxygen atoms in total. The third-order valence-corrected chi connectivity index (χ3v) is 3.50. The van der Waals surface area contributed by atoms with E-state index >= 15 is 0 Å². The van der Waals surface area contributed by atoms with Crippen LogP contribution >= 0.6 is 0 Å². The number of esters is 1. The van der Waals surface area contributed by atoms with Crippen molar-refractivity contribution in [2.45, 2.75) is 91.1 Å². The third-order valence-electron chi connectivity index (χ3n) is 3.50. The minimum Gasteiger partial charge on any atom is -0.466 e. The molecule has 0 spiro atoms. The molecule has 0 bridgehead atoms. The summed E-state index contributed by atoms with van der Waals surface area (Å²) in [6, 6.07) is 0. The Bertz CT molecular complexity index is 236. The molecule has 0 aliphatic carbocycles. The molecule has 0 saturated heterocycles. The molecule has 0 aromatic rings. The molecule has 0 aliphatic heterocycles. The molecule has 0 aromatic heterocycles. The third kappa shape index (κ3) is 13.9. The highest BCUT2D eigenvalue weighted by Gasteiger charge is 2.18. The van der Waals surface area contributed by atoms with Gasteiger partial charge in [0.15, 0.2) is 0 Å². The van der Waals surface area contributed by atoms with Gasteiger partial charge in [-0.3, -0.25) is 4.79 Å². The van der Waals surface area contributed by atoms with Crippen LogP contribution in [0, 0.1) is 0 Å². The van der Waals surface area contributed by atoms with E-state index in [1.54, 1.807) is 0 Å². The summed E-state index contributed by atoms with van der Waals surface area (Å²) in [6.07, 6.45) is 11.3. The number of hydrogen-bond acceptors (Lipinski definition) is 3. The summed E-state index contributed by atoms with van der Waals surface area (Å²) in [5.74, 6) is -0.219. The molecule has 0 aromatic carbocycles. The lowest BCUT2D eigenvalue weighted by atomic mass is 10.1. The number of ether oxygens (including phenoxy) is 2. The summed E-state index contributed by atoms with van der Waals surface area (Å²) in [7, 11) is 0. The number of unbranched alkanes of at least 4 members (excludes halogenated alkanes) is 7. The zero-order valence-corrected chi connectivity index (χ0v) is 14.0. The predicted molar refractivity (Wildman–Crippen MR) is 83.9 cm³/mol. The molecule has 0 amide bonds. The Balaban J connectivity index is 3.37. The molecule has 0 heterocycles. The molecule has 0 atom stereocenters. The Kier molecular flexibility index (Phi) is 11.8. The minimum atomic E-state index is -0.219. The summed E-state index contributed by atoms with van der Waals surface area (Å²) in [5.41, 5.74) is -0.198. The standard InChI is InChI=1S/C17H34O3/c1-5-6-7-8-9-10-11-12-14-20-17(3,4)13-15-19-16(2)18/h5-15H2,1-4H3. The number of hydrogen-bond donors (Lipinski definition) is 0. The van der Waals surface area contributed by atoms with Crippen molar-refractivity contribution in [3.8, 4) is 0 Å². The normalized spacial score (nSPS) is 11.6. The van der Waals surface area contributed by atoms with Crippen molar-refractivity contribution in [3.05, 3.63) is 0 Å². The van der Waals surface area contributed by atoms with Gasteiger partial charge in [0, 0.05) is 20.0 Å². The monoisotopic (exact) mass is 286 g/mol. The van der Waals surface area contributed by atoms with Gasteiger partial charge in [-0.25, -0.2) is 0 Å². The lowest BCUT2D eigenvalue weighted by Crippen LogP contribution is -2.27. The molecular weight excluding hydrogens is 252 g/mol. The number of carbonyl (C=O) groups excluding carboxylic acids is 1. The van der Waals surface area contributed by atoms with Gasteiger partial charge in [-0.05, 0) is 20.3 Å². The van der Waals surface area contributed by atoms with Crippen LogP contribution in [-0.4, -0.2) is 24.8 Å². The highest BCUT2D eigenvalue weighted by atomic mass is 16.5. The van der Waals surface area contributed by atoms with Crippen LogP contribution in [0.4, 0.5) is 0 Å². The van der Waals surface area contributed by atoms with Crippen LogP contribution in [0.2, 0.25) is 0 Å². The zero-order chi connectivity index (χ0) is 15.3. The van der Waals surface area contributed by atoms with E-state index < -0.39 is 0 Å². The van der Waals surface area contributed by atoms with E-state index in [-0.39, 0.29) is 11.6 Å². The SMILES string of the molecule is CCCCCCCCCCOC(C)(C)CCOC(C)=O. The van der Waals surface area contributed by atoms with Crippen LogP contribution in [0.3, 0.4) is 0 Å². The molecule has 0 fully saturated rings. The minimum absolute atomic E-state index is 0.198. The highest BCUT2D eigenvalue weighted by molar-refractivity contribution is 5.65. The molecule has 0 aliphatic rings. The Morgan fingerprint density at radius 3 is 2.00 bits per heavy atom. The smallest absolute Gasteiger partial charge is 0.302 e. The van der Waals surface area contributed by atoms with Crippen LogP contribution in [-0.2, 0) is 14.3 Å². The summed E-state index contributed by atoms with van der Waals surface area (Å²) in [5, 5.41) is 0. The van der Waals surface area contributed by atoms with Crippen molar-refractivity contribution < 1.29 is 14.3 Å². The van der Waals surface area contributed by atoms with E-state index in [0.717, 1.165) is 19.4 Å². The van der Waals surface area contributed by atoms with Gasteiger partial charge < -0.3 is 9.47 Å². The van der Waals surface area contributed by atoms with Gasteiger partial charge in [-0.1, -0.05) is 51.9 Å². The lowest BCUT2D eigenvalue weighted by molar-refractivity contribution is -0.142. The van der Waals surface area contributed by atoms with Crippen molar-refractivity contribution in [1.82, 2.24) is 0 Å². The van der Waals surface area contributed by atoms with E-state index in [1.165, 1.54) is 51.9 Å². The van der Waals surface area contributed by atoms with Crippen LogP contribution in [0.25, 0.3) is 0 Å². The second kappa shape index (κ2) is 12.2. The van der Waals surface area contributed by atoms with Gasteiger partial charge in [0.05, 0.1) is 12.2 Å². The van der Waals surface area contributed by atoms with Gasteiger partial charge in [0.25, 0.3) is 0 Å². The first-order valence-electron chi connectivity index (χ1n) is 8.25. The molecule has 0 rings (SSSR count). The Morgan fingerprint density at radius 1 is 0.900 bits per heavy atom. The predicted octanol–water partition coefficient (Wildman–Crippen LogP) is 4.88. The fourth-order valence-electron chi connectivity index (χ4n) is 2.10. The summed E-state index contributed by atoms with van der Waals surface area (Å²) < 4.78 is 10.8. The molecule has 3 heteroatoms. The van der Waals surface area contributed by atoms with Gasteiger partial charge in [0.2, 0.25) is 0 Å². The quantitative estimate of drug-likeness (QED) is 0.358. The Hall–Kier alpha value is -0.570. The summed E-state index contributed by atoms with van der Waals surface area (Å²) in [6.45, 7) is 9.05. The second-order valence-corrected chi connectivity index (χ2v) is 6.17. The van der Waals surface area contributed by atoms with E-state index in [9.17, 15) is 4.79 Å². The molecule has 20 heavy (non-hydrogen) atoms. The maximum absolute atomic E-state index is 10.7. The van der Waals surface area contributed by atoms with Crippen molar-refractivity contribution in [1.29, 1.82) is 0 Å². The Morgan fingerprint density at radius 2 is 1.45 bits per heavy atom. The first-order valence-corrected chi connectivity index (χ1v) is 8.25. The van der Waals surface area contributed by atoms with Crippen molar-refractivity contribution >= 4 is 5.97 Å². The van der Waals surface area contributed by atoms with Crippen molar-refractivity contribution in [2.75, 3.05) is 13.2 Å². The van der Waals surface area contributed by atoms with Crippen LogP contribution in [0.5, 0.6) is 0 Å². The maximum Gasteiger partial charge on any atom is 0.302 e. The zero-order valence-electron chi connectivity index (χ0n) is 14.0. The van der Waals surface area contributed by atoms with Crippen molar-refractivity contribution in [3.63, 3.8) is 0 Å². The van der Waals surface area contributed by atoms with E-state index in [4.69, 9.17) is 9.47 Å². The summed E-state index contributed by atoms with van der Waals surface area (Å²) >= 11 is 0. The van der Waals surface area contributed by atoms with E-state index in [2.05, 4.69) is 20.8 Å². The van der Waals surface area contributed by atoms with Gasteiger partial charge in [-0.2, -0.15) is 0 Å². The fourth-order valence-corrected chi connectivity index (χ4v) is 2.10. The number of rotatable bonds is 13. The van der Waals surface area contributed by atoms with E-state index in [0.29, 0.717) is 6.61 Å². The number of carbonyl (C=O) groups is 1. The van der Waals surface area contributed by atoms with E-state index in [1.807, 2.05) is 0 Å². The molecule has 0 radical (unpaired) electrons. The first-order chi connectivity index (χ1) is 9.48. The molecule has 0 unspecified atom stereocenters. The average Bonchev–Trinajstić information content (AvgIpc) is 2.36. The maximum atomic E-state index is 10.7. The van der Waals surface area contributed by atoms with Crippen molar-refractivity contribution in [2.24, 2.45) is 0 Å². The topological polar surface area (TPSA) is 35.5 Å². The largest absolute Gasteiger partial charge is 0.466 e. The second-order valence-electron chi connectivity index (χ2n) is 6.17. The molecule has 0 N–H and O–H groups in total. The van der Waals surface area contributed by atoms with Crippen LogP contribution < -0.4 is 0 Å². The summed E-state index contributed by atoms with van der Waals surface area (Å²) in [4.78, 5) is 10.7. The molecule has 120 valence electrons. The molecular formula is C17H34O3. The highest BCUT2D eigenvalue weighted by Crippen LogP contribution is 2.16. The van der Waals surface area contributed by atoms with Gasteiger partial charge >= 0.3 is 5.97 Å².